The van der Waals surface area contributed by atoms with Gasteiger partial charge in [0.1, 0.15) is 0 Å². The van der Waals surface area contributed by atoms with Crippen molar-refractivity contribution >= 4 is 0 Å². The van der Waals surface area contributed by atoms with Crippen LogP contribution in [0.2, 0.25) is 0 Å². The summed E-state index contributed by atoms with van der Waals surface area (Å²) < 4.78 is 7.61. The second kappa shape index (κ2) is 6.85. The Bertz CT molecular complexity index is 666. The number of ether oxygens (including phenoxy) is 1. The molecule has 0 saturated carbocycles. The van der Waals surface area contributed by atoms with Crippen LogP contribution in [0.4, 0.5) is 0 Å². The molecule has 22 heavy (non-hydrogen) atoms. The van der Waals surface area contributed by atoms with Crippen molar-refractivity contribution in [1.82, 2.24) is 24.6 Å². The molecule has 3 heterocycles. The van der Waals surface area contributed by atoms with Crippen LogP contribution in [0.3, 0.4) is 0 Å². The molecule has 1 atom stereocenters. The third kappa shape index (κ3) is 3.80. The number of aromatic amines is 1. The molecular formula is C15H21N5O2. The molecule has 1 saturated heterocycles. The van der Waals surface area contributed by atoms with E-state index in [0.717, 1.165) is 38.4 Å². The number of rotatable bonds is 4. The second-order valence-electron chi connectivity index (χ2n) is 5.73. The third-order valence-electron chi connectivity index (χ3n) is 3.96. The van der Waals surface area contributed by atoms with E-state index in [1.165, 1.54) is 12.0 Å². The smallest absolute Gasteiger partial charge is 0.250 e. The van der Waals surface area contributed by atoms with E-state index in [-0.39, 0.29) is 5.56 Å². The van der Waals surface area contributed by atoms with Crippen molar-refractivity contribution in [2.45, 2.75) is 13.0 Å². The fourth-order valence-electron chi connectivity index (χ4n) is 2.82. The predicted molar refractivity (Wildman–Crippen MR) is 81.4 cm³/mol. The molecule has 1 aliphatic rings. The number of aromatic nitrogens is 4. The molecule has 1 fully saturated rings. The van der Waals surface area contributed by atoms with E-state index in [9.17, 15) is 4.79 Å². The van der Waals surface area contributed by atoms with Gasteiger partial charge < -0.3 is 9.72 Å². The van der Waals surface area contributed by atoms with Crippen LogP contribution in [-0.2, 0) is 24.8 Å². The second-order valence-corrected chi connectivity index (χ2v) is 5.73. The van der Waals surface area contributed by atoms with Gasteiger partial charge in [-0.2, -0.15) is 5.10 Å². The van der Waals surface area contributed by atoms with Crippen LogP contribution in [0.25, 0.3) is 0 Å². The van der Waals surface area contributed by atoms with Gasteiger partial charge in [0.05, 0.1) is 25.2 Å². The Labute approximate surface area is 128 Å². The molecule has 0 aromatic carbocycles. The first kappa shape index (κ1) is 14.9. The summed E-state index contributed by atoms with van der Waals surface area (Å²) in [6, 6.07) is 3.61. The molecule has 0 bridgehead atoms. The molecule has 7 nitrogen and oxygen atoms in total. The summed E-state index contributed by atoms with van der Waals surface area (Å²) in [5.74, 6) is 0.338. The molecular weight excluding hydrogens is 282 g/mol. The molecule has 0 radical (unpaired) electrons. The maximum atomic E-state index is 11.4. The lowest BCUT2D eigenvalue weighted by atomic mass is 10.0. The Balaban J connectivity index is 1.65. The predicted octanol–water partition coefficient (Wildman–Crippen LogP) is 0.195. The van der Waals surface area contributed by atoms with Gasteiger partial charge in [0.15, 0.2) is 0 Å². The van der Waals surface area contributed by atoms with Gasteiger partial charge in [0.25, 0.3) is 5.56 Å². The zero-order valence-electron chi connectivity index (χ0n) is 12.7. The van der Waals surface area contributed by atoms with Gasteiger partial charge >= 0.3 is 0 Å². The van der Waals surface area contributed by atoms with E-state index < -0.39 is 0 Å². The molecule has 1 N–H and O–H groups in total. The summed E-state index contributed by atoms with van der Waals surface area (Å²) in [7, 11) is 1.96. The minimum atomic E-state index is -0.105. The van der Waals surface area contributed by atoms with Crippen molar-refractivity contribution in [3.05, 3.63) is 46.4 Å². The summed E-state index contributed by atoms with van der Waals surface area (Å²) in [6.45, 7) is 4.14. The third-order valence-corrected chi connectivity index (χ3v) is 3.96. The van der Waals surface area contributed by atoms with Gasteiger partial charge in [-0.1, -0.05) is 0 Å². The molecule has 118 valence electrons. The SMILES string of the molecule is Cn1nccc1CN1CCOCC(Cc2cc(=O)[nH]cn2)C1. The van der Waals surface area contributed by atoms with E-state index in [1.807, 2.05) is 24.0 Å². The Morgan fingerprint density at radius 3 is 3.18 bits per heavy atom. The van der Waals surface area contributed by atoms with Gasteiger partial charge in [0, 0.05) is 50.6 Å². The Kier molecular flexibility index (Phi) is 4.65. The lowest BCUT2D eigenvalue weighted by Crippen LogP contribution is -2.31. The average molecular weight is 303 g/mol. The molecule has 1 unspecified atom stereocenters. The fourth-order valence-corrected chi connectivity index (χ4v) is 2.82. The highest BCUT2D eigenvalue weighted by Gasteiger charge is 2.20. The van der Waals surface area contributed by atoms with Crippen LogP contribution >= 0.6 is 0 Å². The standard InChI is InChI=1S/C15H21N5O2/c1-19-14(2-3-18-19)9-20-4-5-22-10-12(8-20)6-13-7-15(21)17-11-16-13/h2-3,7,11-12H,4-6,8-10H2,1H3,(H,16,17,21). The minimum Gasteiger partial charge on any atom is -0.380 e. The van der Waals surface area contributed by atoms with Gasteiger partial charge in [-0.25, -0.2) is 4.98 Å². The Morgan fingerprint density at radius 2 is 2.41 bits per heavy atom. The highest BCUT2D eigenvalue weighted by atomic mass is 16.5. The molecule has 2 aromatic heterocycles. The monoisotopic (exact) mass is 303 g/mol. The van der Waals surface area contributed by atoms with Crippen LogP contribution in [-0.4, -0.2) is 51.0 Å². The number of nitrogens with one attached hydrogen (secondary N) is 1. The first-order valence-electron chi connectivity index (χ1n) is 7.51. The molecule has 0 amide bonds. The minimum absolute atomic E-state index is 0.105. The van der Waals surface area contributed by atoms with E-state index in [0.29, 0.717) is 12.5 Å². The quantitative estimate of drug-likeness (QED) is 0.873. The number of hydrogen-bond donors (Lipinski definition) is 1. The largest absolute Gasteiger partial charge is 0.380 e. The van der Waals surface area contributed by atoms with E-state index >= 15 is 0 Å². The number of H-pyrrole nitrogens is 1. The molecule has 2 aromatic rings. The summed E-state index contributed by atoms with van der Waals surface area (Å²) in [4.78, 5) is 20.5. The van der Waals surface area contributed by atoms with E-state index in [1.54, 1.807) is 6.07 Å². The van der Waals surface area contributed by atoms with Gasteiger partial charge in [-0.3, -0.25) is 14.4 Å². The highest BCUT2D eigenvalue weighted by molar-refractivity contribution is 5.02. The number of aryl methyl sites for hydroxylation is 1. The van der Waals surface area contributed by atoms with Gasteiger partial charge in [0.2, 0.25) is 0 Å². The molecule has 0 spiro atoms. The van der Waals surface area contributed by atoms with Crippen LogP contribution in [0.15, 0.2) is 29.5 Å². The maximum absolute atomic E-state index is 11.4. The number of nitrogens with zero attached hydrogens (tertiary/aromatic N) is 4. The average Bonchev–Trinajstić information content (AvgIpc) is 2.76. The normalized spacial score (nSPS) is 20.0. The topological polar surface area (TPSA) is 76.0 Å². The Hall–Kier alpha value is -1.99. The Morgan fingerprint density at radius 1 is 1.50 bits per heavy atom. The van der Waals surface area contributed by atoms with Crippen molar-refractivity contribution in [2.24, 2.45) is 13.0 Å². The van der Waals surface area contributed by atoms with Crippen molar-refractivity contribution in [1.29, 1.82) is 0 Å². The van der Waals surface area contributed by atoms with Gasteiger partial charge in [-0.15, -0.1) is 0 Å². The molecule has 0 aliphatic carbocycles. The fraction of sp³-hybridized carbons (Fsp3) is 0.533. The summed E-state index contributed by atoms with van der Waals surface area (Å²) in [5, 5.41) is 4.21. The number of hydrogen-bond acceptors (Lipinski definition) is 5. The van der Waals surface area contributed by atoms with Crippen molar-refractivity contribution < 1.29 is 4.74 Å². The van der Waals surface area contributed by atoms with Crippen LogP contribution in [0, 0.1) is 5.92 Å². The van der Waals surface area contributed by atoms with Crippen LogP contribution in [0.5, 0.6) is 0 Å². The van der Waals surface area contributed by atoms with E-state index in [2.05, 4.69) is 20.0 Å². The highest BCUT2D eigenvalue weighted by Crippen LogP contribution is 2.14. The molecule has 3 rings (SSSR count). The summed E-state index contributed by atoms with van der Waals surface area (Å²) in [5.41, 5.74) is 1.90. The van der Waals surface area contributed by atoms with Crippen molar-refractivity contribution in [3.8, 4) is 0 Å². The summed E-state index contributed by atoms with van der Waals surface area (Å²) in [6.07, 6.45) is 4.04. The lowest BCUT2D eigenvalue weighted by Gasteiger charge is -2.23. The first-order chi connectivity index (χ1) is 10.7. The van der Waals surface area contributed by atoms with E-state index in [4.69, 9.17) is 4.74 Å². The zero-order valence-corrected chi connectivity index (χ0v) is 12.7. The summed E-state index contributed by atoms with van der Waals surface area (Å²) >= 11 is 0. The zero-order chi connectivity index (χ0) is 15.4. The maximum Gasteiger partial charge on any atom is 0.250 e. The van der Waals surface area contributed by atoms with Gasteiger partial charge in [-0.05, 0) is 12.5 Å². The molecule has 7 heteroatoms. The lowest BCUT2D eigenvalue weighted by molar-refractivity contribution is 0.121. The van der Waals surface area contributed by atoms with Crippen molar-refractivity contribution in [3.63, 3.8) is 0 Å². The first-order valence-corrected chi connectivity index (χ1v) is 7.51. The van der Waals surface area contributed by atoms with Crippen molar-refractivity contribution in [2.75, 3.05) is 26.3 Å². The molecule has 1 aliphatic heterocycles. The van der Waals surface area contributed by atoms with Crippen LogP contribution < -0.4 is 5.56 Å². The van der Waals surface area contributed by atoms with Crippen LogP contribution in [0.1, 0.15) is 11.4 Å².